The van der Waals surface area contributed by atoms with Gasteiger partial charge >= 0.3 is 0 Å². The molecular formula is C24H24ClN5O5. The number of nitrogens with zero attached hydrogens (tertiary/aromatic N) is 4. The van der Waals surface area contributed by atoms with Crippen LogP contribution in [0.4, 0.5) is 0 Å². The minimum Gasteiger partial charge on any atom is -0.507 e. The molecule has 1 aromatic carbocycles. The number of halogens is 1. The monoisotopic (exact) mass is 497 g/mol. The van der Waals surface area contributed by atoms with Gasteiger partial charge in [-0.3, -0.25) is 9.59 Å². The molecule has 10 nitrogen and oxygen atoms in total. The fraction of sp³-hybridized carbons (Fsp3) is 0.333. The van der Waals surface area contributed by atoms with Crippen LogP contribution in [0, 0.1) is 17.8 Å². The van der Waals surface area contributed by atoms with Gasteiger partial charge in [-0.25, -0.2) is 9.97 Å². The molecule has 1 aliphatic rings. The highest BCUT2D eigenvalue weighted by Crippen LogP contribution is 2.38. The zero-order chi connectivity index (χ0) is 25.3. The Morgan fingerprint density at radius 1 is 1.26 bits per heavy atom. The fourth-order valence-corrected chi connectivity index (χ4v) is 4.59. The second kappa shape index (κ2) is 9.92. The predicted molar refractivity (Wildman–Crippen MR) is 127 cm³/mol. The smallest absolute Gasteiger partial charge is 0.252 e. The minimum absolute atomic E-state index is 0.0431. The van der Waals surface area contributed by atoms with Crippen LogP contribution < -0.4 is 5.73 Å². The summed E-state index contributed by atoms with van der Waals surface area (Å²) < 4.78 is 1.77. The molecule has 0 radical (unpaired) electrons. The van der Waals surface area contributed by atoms with E-state index in [4.69, 9.17) is 17.3 Å². The first kappa shape index (κ1) is 24.5. The first-order chi connectivity index (χ1) is 16.7. The van der Waals surface area contributed by atoms with Gasteiger partial charge in [0.2, 0.25) is 5.91 Å². The van der Waals surface area contributed by atoms with Crippen molar-refractivity contribution in [2.45, 2.75) is 31.6 Å². The normalized spacial score (nSPS) is 21.5. The Morgan fingerprint density at radius 3 is 2.74 bits per heavy atom. The number of rotatable bonds is 5. The van der Waals surface area contributed by atoms with Crippen molar-refractivity contribution in [3.05, 3.63) is 53.1 Å². The number of fused-ring (bicyclic) bond motifs is 1. The lowest BCUT2D eigenvalue weighted by Gasteiger charge is -2.24. The van der Waals surface area contributed by atoms with Crippen LogP contribution in [0.5, 0.6) is 5.75 Å². The number of aliphatic hydroxyl groups excluding tert-OH is 2. The molecule has 1 fully saturated rings. The Hall–Kier alpha value is -3.65. The number of aromatic hydroxyl groups is 1. The van der Waals surface area contributed by atoms with Gasteiger partial charge in [-0.05, 0) is 30.7 Å². The number of benzene rings is 1. The Bertz CT molecular complexity index is 1350. The van der Waals surface area contributed by atoms with Crippen molar-refractivity contribution >= 4 is 34.4 Å². The molecule has 11 heteroatoms. The molecule has 1 saturated carbocycles. The van der Waals surface area contributed by atoms with E-state index in [0.29, 0.717) is 28.2 Å². The van der Waals surface area contributed by atoms with E-state index in [9.17, 15) is 24.9 Å². The number of hydrogen-bond acceptors (Lipinski definition) is 7. The van der Waals surface area contributed by atoms with Crippen molar-refractivity contribution in [2.24, 2.45) is 11.7 Å². The number of primary amides is 1. The zero-order valence-electron chi connectivity index (χ0n) is 18.8. The number of carbonyl (C=O) groups excluding carboxylic acids is 2. The van der Waals surface area contributed by atoms with Gasteiger partial charge in [-0.2, -0.15) is 0 Å². The SMILES string of the molecule is CC(=O)N(CC#Cc1ccc(O)c(C(N)=O)c1)C[C@H]1C[C@@H](n2ccc3c(Cl)ncnc32)[C@H](O)[C@@H]1O. The summed E-state index contributed by atoms with van der Waals surface area (Å²) in [5.41, 5.74) is 6.21. The molecule has 0 bridgehead atoms. The topological polar surface area (TPSA) is 155 Å². The van der Waals surface area contributed by atoms with Crippen LogP contribution >= 0.6 is 11.6 Å². The summed E-state index contributed by atoms with van der Waals surface area (Å²) in [7, 11) is 0. The van der Waals surface area contributed by atoms with Crippen molar-refractivity contribution in [2.75, 3.05) is 13.1 Å². The van der Waals surface area contributed by atoms with Crippen LogP contribution in [0.3, 0.4) is 0 Å². The van der Waals surface area contributed by atoms with E-state index in [1.165, 1.54) is 36.4 Å². The van der Waals surface area contributed by atoms with Crippen molar-refractivity contribution < 1.29 is 24.9 Å². The minimum atomic E-state index is -1.06. The van der Waals surface area contributed by atoms with Gasteiger partial charge < -0.3 is 30.5 Å². The number of aromatic nitrogens is 3. The van der Waals surface area contributed by atoms with Crippen molar-refractivity contribution in [1.29, 1.82) is 0 Å². The largest absolute Gasteiger partial charge is 0.507 e. The van der Waals surface area contributed by atoms with Crippen LogP contribution in [0.2, 0.25) is 5.15 Å². The van der Waals surface area contributed by atoms with Gasteiger partial charge in [0.05, 0.1) is 29.6 Å². The number of aliphatic hydroxyl groups is 2. The molecule has 0 spiro atoms. The van der Waals surface area contributed by atoms with E-state index in [1.807, 2.05) is 0 Å². The number of hydrogen-bond donors (Lipinski definition) is 4. The first-order valence-corrected chi connectivity index (χ1v) is 11.3. The molecule has 1 aliphatic carbocycles. The van der Waals surface area contributed by atoms with E-state index in [1.54, 1.807) is 16.8 Å². The number of phenols is 1. The summed E-state index contributed by atoms with van der Waals surface area (Å²) in [4.78, 5) is 33.4. The van der Waals surface area contributed by atoms with Crippen LogP contribution in [0.25, 0.3) is 11.0 Å². The average Bonchev–Trinajstić information content (AvgIpc) is 3.36. The quantitative estimate of drug-likeness (QED) is 0.303. The summed E-state index contributed by atoms with van der Waals surface area (Å²) in [5, 5.41) is 32.1. The lowest BCUT2D eigenvalue weighted by molar-refractivity contribution is -0.129. The Labute approximate surface area is 206 Å². The average molecular weight is 498 g/mol. The third-order valence-electron chi connectivity index (χ3n) is 6.25. The van der Waals surface area contributed by atoms with Crippen molar-refractivity contribution in [3.8, 4) is 17.6 Å². The van der Waals surface area contributed by atoms with E-state index < -0.39 is 30.1 Å². The molecule has 2 amide bonds. The first-order valence-electron chi connectivity index (χ1n) is 10.9. The second-order valence-electron chi connectivity index (χ2n) is 8.47. The van der Waals surface area contributed by atoms with Crippen LogP contribution in [-0.4, -0.2) is 71.9 Å². The Morgan fingerprint density at radius 2 is 2.03 bits per heavy atom. The molecule has 0 saturated heterocycles. The van der Waals surface area contributed by atoms with Gasteiger partial charge in [0.15, 0.2) is 0 Å². The summed E-state index contributed by atoms with van der Waals surface area (Å²) >= 11 is 6.13. The van der Waals surface area contributed by atoms with E-state index in [0.717, 1.165) is 0 Å². The van der Waals surface area contributed by atoms with Crippen LogP contribution in [0.1, 0.15) is 35.3 Å². The molecule has 0 unspecified atom stereocenters. The van der Waals surface area contributed by atoms with E-state index in [2.05, 4.69) is 21.8 Å². The third-order valence-corrected chi connectivity index (χ3v) is 6.56. The lowest BCUT2D eigenvalue weighted by atomic mass is 10.0. The highest BCUT2D eigenvalue weighted by molar-refractivity contribution is 6.33. The number of amides is 2. The molecule has 182 valence electrons. The molecule has 35 heavy (non-hydrogen) atoms. The van der Waals surface area contributed by atoms with Gasteiger partial charge in [0, 0.05) is 31.1 Å². The summed E-state index contributed by atoms with van der Waals surface area (Å²) in [5.74, 6) is 4.08. The molecule has 4 atom stereocenters. The molecule has 2 heterocycles. The zero-order valence-corrected chi connectivity index (χ0v) is 19.6. The second-order valence-corrected chi connectivity index (χ2v) is 8.82. The van der Waals surface area contributed by atoms with Crippen LogP contribution in [0.15, 0.2) is 36.8 Å². The predicted octanol–water partition coefficient (Wildman–Crippen LogP) is 1.07. The fourth-order valence-electron chi connectivity index (χ4n) is 4.40. The molecule has 0 aliphatic heterocycles. The van der Waals surface area contributed by atoms with Crippen molar-refractivity contribution in [1.82, 2.24) is 19.4 Å². The lowest BCUT2D eigenvalue weighted by Crippen LogP contribution is -2.38. The summed E-state index contributed by atoms with van der Waals surface area (Å²) in [6.07, 6.45) is 1.38. The molecule has 3 aromatic rings. The van der Waals surface area contributed by atoms with Crippen molar-refractivity contribution in [3.63, 3.8) is 0 Å². The maximum absolute atomic E-state index is 12.3. The summed E-state index contributed by atoms with van der Waals surface area (Å²) in [6.45, 7) is 1.66. The highest BCUT2D eigenvalue weighted by atomic mass is 35.5. The van der Waals surface area contributed by atoms with Gasteiger partial charge in [0.25, 0.3) is 5.91 Å². The van der Waals surface area contributed by atoms with E-state index in [-0.39, 0.29) is 30.3 Å². The number of nitrogens with two attached hydrogens (primary N) is 1. The Kier molecular flexibility index (Phi) is 6.93. The van der Waals surface area contributed by atoms with Gasteiger partial charge in [-0.1, -0.05) is 23.4 Å². The highest BCUT2D eigenvalue weighted by Gasteiger charge is 2.43. The summed E-state index contributed by atoms with van der Waals surface area (Å²) in [6, 6.07) is 5.54. The molecular weight excluding hydrogens is 474 g/mol. The maximum Gasteiger partial charge on any atom is 0.252 e. The van der Waals surface area contributed by atoms with E-state index >= 15 is 0 Å². The third kappa shape index (κ3) is 4.93. The number of carbonyl (C=O) groups is 2. The maximum atomic E-state index is 12.3. The standard InChI is InChI=1S/C24H24ClN5O5/c1-13(31)29(7-2-3-14-4-5-19(32)17(9-14)23(26)35)11-15-10-18(21(34)20(15)33)30-8-6-16-22(25)27-12-28-24(16)30/h4-6,8-9,12,15,18,20-21,32-34H,7,10-11H2,1H3,(H2,26,35)/t15-,18-,20-,21+/m1/s1. The molecule has 4 rings (SSSR count). The van der Waals surface area contributed by atoms with Crippen LogP contribution in [-0.2, 0) is 4.79 Å². The molecule has 5 N–H and O–H groups in total. The Balaban J connectivity index is 1.48. The molecule has 2 aromatic heterocycles. The van der Waals surface area contributed by atoms with Gasteiger partial charge in [0.1, 0.15) is 29.0 Å². The van der Waals surface area contributed by atoms with Gasteiger partial charge in [-0.15, -0.1) is 0 Å².